The molecule has 104 valence electrons. The number of benzene rings is 1. The summed E-state index contributed by atoms with van der Waals surface area (Å²) in [5, 5.41) is 3.30. The van der Waals surface area contributed by atoms with Gasteiger partial charge in [-0.15, -0.1) is 0 Å². The van der Waals surface area contributed by atoms with Gasteiger partial charge in [-0.25, -0.2) is 4.98 Å². The maximum atomic E-state index is 5.58. The van der Waals surface area contributed by atoms with Crippen LogP contribution in [-0.2, 0) is 6.42 Å². The van der Waals surface area contributed by atoms with Crippen LogP contribution in [0.1, 0.15) is 5.56 Å². The van der Waals surface area contributed by atoms with Gasteiger partial charge in [0.15, 0.2) is 11.5 Å². The second-order valence-corrected chi connectivity index (χ2v) is 5.43. The molecule has 20 heavy (non-hydrogen) atoms. The van der Waals surface area contributed by atoms with Crippen LogP contribution in [0.4, 0.5) is 5.82 Å². The average Bonchev–Trinajstić information content (AvgIpc) is 2.49. The van der Waals surface area contributed by atoms with Gasteiger partial charge in [0, 0.05) is 17.2 Å². The van der Waals surface area contributed by atoms with Crippen LogP contribution in [0.15, 0.2) is 41.0 Å². The number of rotatable bonds is 4. The van der Waals surface area contributed by atoms with Gasteiger partial charge in [0.1, 0.15) is 19.0 Å². The molecule has 0 atom stereocenters. The van der Waals surface area contributed by atoms with Crippen molar-refractivity contribution in [3.05, 3.63) is 46.6 Å². The van der Waals surface area contributed by atoms with Gasteiger partial charge in [-0.2, -0.15) is 0 Å². The minimum absolute atomic E-state index is 0.623. The Morgan fingerprint density at radius 1 is 1.10 bits per heavy atom. The Bertz CT molecular complexity index is 587. The normalized spacial score (nSPS) is 13.1. The fourth-order valence-corrected chi connectivity index (χ4v) is 2.29. The molecule has 0 bridgehead atoms. The summed E-state index contributed by atoms with van der Waals surface area (Å²) in [6.45, 7) is 2.08. The van der Waals surface area contributed by atoms with E-state index >= 15 is 0 Å². The van der Waals surface area contributed by atoms with Crippen LogP contribution in [0.5, 0.6) is 11.5 Å². The summed E-state index contributed by atoms with van der Waals surface area (Å²) in [4.78, 5) is 4.28. The maximum Gasteiger partial charge on any atom is 0.161 e. The molecule has 5 heteroatoms. The van der Waals surface area contributed by atoms with Gasteiger partial charge < -0.3 is 14.8 Å². The second-order valence-electron chi connectivity index (χ2n) is 4.52. The van der Waals surface area contributed by atoms with Crippen LogP contribution < -0.4 is 14.8 Å². The largest absolute Gasteiger partial charge is 0.486 e. The van der Waals surface area contributed by atoms with E-state index in [9.17, 15) is 0 Å². The van der Waals surface area contributed by atoms with Gasteiger partial charge in [-0.1, -0.05) is 6.07 Å². The number of hydrogen-bond acceptors (Lipinski definition) is 4. The van der Waals surface area contributed by atoms with E-state index in [0.29, 0.717) is 13.2 Å². The molecular weight excluding hydrogens is 320 g/mol. The van der Waals surface area contributed by atoms with Crippen LogP contribution >= 0.6 is 15.9 Å². The number of aromatic nitrogens is 1. The van der Waals surface area contributed by atoms with Crippen molar-refractivity contribution >= 4 is 21.7 Å². The SMILES string of the molecule is Brc1ccc(NCCc2ccc3c(c2)OCCO3)nc1. The quantitative estimate of drug-likeness (QED) is 0.931. The molecule has 2 aromatic rings. The molecule has 1 aromatic heterocycles. The highest BCUT2D eigenvalue weighted by Crippen LogP contribution is 2.30. The van der Waals surface area contributed by atoms with E-state index in [-0.39, 0.29) is 0 Å². The fraction of sp³-hybridized carbons (Fsp3) is 0.267. The van der Waals surface area contributed by atoms with Crippen molar-refractivity contribution in [2.24, 2.45) is 0 Å². The molecule has 4 nitrogen and oxygen atoms in total. The van der Waals surface area contributed by atoms with Gasteiger partial charge in [-0.05, 0) is 52.2 Å². The highest BCUT2D eigenvalue weighted by Gasteiger charge is 2.11. The molecule has 0 spiro atoms. The smallest absolute Gasteiger partial charge is 0.161 e. The molecule has 0 aliphatic carbocycles. The summed E-state index contributed by atoms with van der Waals surface area (Å²) < 4.78 is 12.1. The third-order valence-corrected chi connectivity index (χ3v) is 3.52. The van der Waals surface area contributed by atoms with Crippen LogP contribution in [0.3, 0.4) is 0 Å². The molecule has 0 amide bonds. The minimum atomic E-state index is 0.623. The highest BCUT2D eigenvalue weighted by atomic mass is 79.9. The number of pyridine rings is 1. The van der Waals surface area contributed by atoms with Crippen molar-refractivity contribution in [1.29, 1.82) is 0 Å². The van der Waals surface area contributed by atoms with Crippen LogP contribution in [0.2, 0.25) is 0 Å². The Labute approximate surface area is 126 Å². The number of halogens is 1. The van der Waals surface area contributed by atoms with Gasteiger partial charge in [0.2, 0.25) is 0 Å². The van der Waals surface area contributed by atoms with Crippen molar-refractivity contribution in [3.8, 4) is 11.5 Å². The lowest BCUT2D eigenvalue weighted by Crippen LogP contribution is -2.15. The summed E-state index contributed by atoms with van der Waals surface area (Å²) in [6.07, 6.45) is 2.70. The molecule has 1 aliphatic rings. The Hall–Kier alpha value is -1.75. The third kappa shape index (κ3) is 3.22. The Morgan fingerprint density at radius 2 is 1.95 bits per heavy atom. The lowest BCUT2D eigenvalue weighted by atomic mass is 10.1. The summed E-state index contributed by atoms with van der Waals surface area (Å²) >= 11 is 3.37. The van der Waals surface area contributed by atoms with Crippen molar-refractivity contribution in [2.45, 2.75) is 6.42 Å². The minimum Gasteiger partial charge on any atom is -0.486 e. The molecule has 0 unspecified atom stereocenters. The topological polar surface area (TPSA) is 43.4 Å². The number of hydrogen-bond donors (Lipinski definition) is 1. The Kier molecular flexibility index (Phi) is 4.06. The molecule has 0 radical (unpaired) electrons. The molecule has 1 aliphatic heterocycles. The van der Waals surface area contributed by atoms with Gasteiger partial charge in [0.25, 0.3) is 0 Å². The highest BCUT2D eigenvalue weighted by molar-refractivity contribution is 9.10. The van der Waals surface area contributed by atoms with Gasteiger partial charge in [-0.3, -0.25) is 0 Å². The molecule has 0 saturated carbocycles. The molecule has 1 aromatic carbocycles. The fourth-order valence-electron chi connectivity index (χ4n) is 2.06. The summed E-state index contributed by atoms with van der Waals surface area (Å²) in [5.41, 5.74) is 1.22. The van der Waals surface area contributed by atoms with Crippen LogP contribution in [-0.4, -0.2) is 24.7 Å². The third-order valence-electron chi connectivity index (χ3n) is 3.05. The number of nitrogens with zero attached hydrogens (tertiary/aromatic N) is 1. The monoisotopic (exact) mass is 334 g/mol. The first-order valence-corrected chi connectivity index (χ1v) is 7.34. The Balaban J connectivity index is 1.57. The zero-order valence-corrected chi connectivity index (χ0v) is 12.5. The summed E-state index contributed by atoms with van der Waals surface area (Å²) in [6, 6.07) is 10.0. The van der Waals surface area contributed by atoms with Gasteiger partial charge in [0.05, 0.1) is 0 Å². The number of anilines is 1. The zero-order chi connectivity index (χ0) is 13.8. The number of nitrogens with one attached hydrogen (secondary N) is 1. The molecule has 1 N–H and O–H groups in total. The van der Waals surface area contributed by atoms with Crippen molar-refractivity contribution in [1.82, 2.24) is 4.98 Å². The molecular formula is C15H15BrN2O2. The second kappa shape index (κ2) is 6.13. The van der Waals surface area contributed by atoms with E-state index < -0.39 is 0 Å². The Morgan fingerprint density at radius 3 is 2.75 bits per heavy atom. The average molecular weight is 335 g/mol. The summed E-state index contributed by atoms with van der Waals surface area (Å²) in [7, 11) is 0. The van der Waals surface area contributed by atoms with Crippen LogP contribution in [0.25, 0.3) is 0 Å². The predicted molar refractivity (Wildman–Crippen MR) is 81.6 cm³/mol. The van der Waals surface area contributed by atoms with E-state index in [1.807, 2.05) is 24.3 Å². The molecule has 0 saturated heterocycles. The first kappa shape index (κ1) is 13.2. The molecule has 2 heterocycles. The lowest BCUT2D eigenvalue weighted by molar-refractivity contribution is 0.171. The maximum absolute atomic E-state index is 5.58. The zero-order valence-electron chi connectivity index (χ0n) is 10.9. The molecule has 0 fully saturated rings. The summed E-state index contributed by atoms with van der Waals surface area (Å²) in [5.74, 6) is 2.56. The number of fused-ring (bicyclic) bond motifs is 1. The number of ether oxygens (including phenoxy) is 2. The lowest BCUT2D eigenvalue weighted by Gasteiger charge is -2.18. The van der Waals surface area contributed by atoms with E-state index in [4.69, 9.17) is 9.47 Å². The van der Waals surface area contributed by atoms with E-state index in [1.54, 1.807) is 6.20 Å². The van der Waals surface area contributed by atoms with Crippen molar-refractivity contribution < 1.29 is 9.47 Å². The first-order valence-electron chi connectivity index (χ1n) is 6.55. The predicted octanol–water partition coefficient (Wildman–Crippen LogP) is 3.27. The van der Waals surface area contributed by atoms with Gasteiger partial charge >= 0.3 is 0 Å². The first-order chi connectivity index (χ1) is 9.81. The van der Waals surface area contributed by atoms with E-state index in [0.717, 1.165) is 34.8 Å². The van der Waals surface area contributed by atoms with E-state index in [2.05, 4.69) is 32.3 Å². The van der Waals surface area contributed by atoms with E-state index in [1.165, 1.54) is 5.56 Å². The van der Waals surface area contributed by atoms with Crippen molar-refractivity contribution in [2.75, 3.05) is 25.1 Å². The molecule has 3 rings (SSSR count). The van der Waals surface area contributed by atoms with Crippen molar-refractivity contribution in [3.63, 3.8) is 0 Å². The standard InChI is InChI=1S/C15H15BrN2O2/c16-12-2-4-15(18-10-12)17-6-5-11-1-3-13-14(9-11)20-8-7-19-13/h1-4,9-10H,5-8H2,(H,17,18). The van der Waals surface area contributed by atoms with Crippen LogP contribution in [0, 0.1) is 0 Å².